The summed E-state index contributed by atoms with van der Waals surface area (Å²) in [4.78, 5) is 21.7. The summed E-state index contributed by atoms with van der Waals surface area (Å²) in [6.07, 6.45) is 4.14. The van der Waals surface area contributed by atoms with Crippen molar-refractivity contribution in [2.24, 2.45) is 5.92 Å². The lowest BCUT2D eigenvalue weighted by molar-refractivity contribution is 0.0620. The van der Waals surface area contributed by atoms with Gasteiger partial charge in [-0.15, -0.1) is 0 Å². The Morgan fingerprint density at radius 1 is 1.07 bits per heavy atom. The topological polar surface area (TPSA) is 66.9 Å². The van der Waals surface area contributed by atoms with Gasteiger partial charge in [-0.1, -0.05) is 0 Å². The predicted molar refractivity (Wildman–Crippen MR) is 114 cm³/mol. The van der Waals surface area contributed by atoms with Crippen molar-refractivity contribution in [3.63, 3.8) is 0 Å². The molecule has 1 N–H and O–H groups in total. The second-order valence-electron chi connectivity index (χ2n) is 8.30. The number of fused-ring (bicyclic) bond motifs is 3. The number of nitrogens with zero attached hydrogens (tertiary/aromatic N) is 3. The van der Waals surface area contributed by atoms with E-state index in [4.69, 9.17) is 9.47 Å². The first-order valence-electron chi connectivity index (χ1n) is 10.8. The van der Waals surface area contributed by atoms with Crippen molar-refractivity contribution < 1.29 is 14.3 Å². The molecule has 30 heavy (non-hydrogen) atoms. The van der Waals surface area contributed by atoms with Crippen LogP contribution in [-0.4, -0.2) is 67.8 Å². The Morgan fingerprint density at radius 3 is 2.53 bits per heavy atom. The van der Waals surface area contributed by atoms with Crippen LogP contribution in [0.2, 0.25) is 0 Å². The van der Waals surface area contributed by atoms with E-state index in [2.05, 4.69) is 20.1 Å². The third-order valence-corrected chi connectivity index (χ3v) is 6.41. The van der Waals surface area contributed by atoms with E-state index in [0.29, 0.717) is 23.1 Å². The van der Waals surface area contributed by atoms with Crippen LogP contribution < -0.4 is 15.0 Å². The molecule has 4 fully saturated rings. The molecule has 7 heteroatoms. The fraction of sp³-hybridized carbons (Fsp3) is 0.478. The number of benzene rings is 1. The molecule has 2 aromatic rings. The second-order valence-corrected chi connectivity index (χ2v) is 8.30. The van der Waals surface area contributed by atoms with E-state index in [1.807, 2.05) is 36.4 Å². The molecule has 0 spiro atoms. The zero-order valence-electron chi connectivity index (χ0n) is 17.1. The molecule has 0 saturated carbocycles. The quantitative estimate of drug-likeness (QED) is 0.820. The molecule has 6 rings (SSSR count). The van der Waals surface area contributed by atoms with Gasteiger partial charge in [-0.3, -0.25) is 4.79 Å². The van der Waals surface area contributed by atoms with Crippen molar-refractivity contribution in [2.45, 2.75) is 18.9 Å². The summed E-state index contributed by atoms with van der Waals surface area (Å²) in [5.41, 5.74) is 1.74. The minimum atomic E-state index is -0.00672. The zero-order chi connectivity index (χ0) is 20.3. The molecule has 4 aliphatic rings. The van der Waals surface area contributed by atoms with Crippen molar-refractivity contribution >= 4 is 11.6 Å². The maximum absolute atomic E-state index is 12.7. The van der Waals surface area contributed by atoms with Gasteiger partial charge in [0.15, 0.2) is 0 Å². The van der Waals surface area contributed by atoms with Crippen LogP contribution in [-0.2, 0) is 4.74 Å². The molecule has 1 aromatic heterocycles. The predicted octanol–water partition coefficient (Wildman–Crippen LogP) is 2.53. The molecular formula is C23H28N4O3. The molecular weight excluding hydrogens is 380 g/mol. The number of aromatic nitrogens is 1. The summed E-state index contributed by atoms with van der Waals surface area (Å²) in [6, 6.07) is 11.5. The Morgan fingerprint density at radius 2 is 1.83 bits per heavy atom. The normalized spacial score (nSPS) is 25.7. The first-order chi connectivity index (χ1) is 14.7. The third-order valence-electron chi connectivity index (χ3n) is 6.41. The maximum Gasteiger partial charge on any atom is 0.251 e. The van der Waals surface area contributed by atoms with Crippen molar-refractivity contribution in [1.29, 1.82) is 0 Å². The molecule has 158 valence electrons. The number of hydrogen-bond acceptors (Lipinski definition) is 6. The largest absolute Gasteiger partial charge is 0.439 e. The molecule has 1 aromatic carbocycles. The maximum atomic E-state index is 12.7. The van der Waals surface area contributed by atoms with E-state index >= 15 is 0 Å². The lowest BCUT2D eigenvalue weighted by Gasteiger charge is -2.44. The number of hydrogen-bond donors (Lipinski definition) is 1. The second kappa shape index (κ2) is 8.62. The summed E-state index contributed by atoms with van der Waals surface area (Å²) in [6.45, 7) is 6.53. The van der Waals surface area contributed by atoms with Crippen LogP contribution in [0.5, 0.6) is 11.6 Å². The molecule has 2 bridgehead atoms. The highest BCUT2D eigenvalue weighted by molar-refractivity contribution is 5.94. The van der Waals surface area contributed by atoms with Crippen LogP contribution >= 0.6 is 0 Å². The van der Waals surface area contributed by atoms with Crippen molar-refractivity contribution in [3.8, 4) is 11.6 Å². The zero-order valence-corrected chi connectivity index (χ0v) is 17.1. The van der Waals surface area contributed by atoms with Crippen molar-refractivity contribution in [1.82, 2.24) is 15.2 Å². The van der Waals surface area contributed by atoms with Crippen LogP contribution in [0.25, 0.3) is 0 Å². The van der Waals surface area contributed by atoms with Crippen molar-refractivity contribution in [2.75, 3.05) is 50.8 Å². The Bertz CT molecular complexity index is 874. The van der Waals surface area contributed by atoms with Gasteiger partial charge < -0.3 is 24.6 Å². The van der Waals surface area contributed by atoms with Crippen LogP contribution in [0, 0.1) is 5.92 Å². The Balaban J connectivity index is 1.20. The van der Waals surface area contributed by atoms with Gasteiger partial charge in [-0.25, -0.2) is 4.98 Å². The Labute approximate surface area is 177 Å². The number of amides is 1. The number of morpholine rings is 1. The minimum absolute atomic E-state index is 0.00672. The molecule has 1 amide bonds. The van der Waals surface area contributed by atoms with Crippen LogP contribution in [0.3, 0.4) is 0 Å². The fourth-order valence-electron chi connectivity index (χ4n) is 4.65. The third kappa shape index (κ3) is 4.27. The first kappa shape index (κ1) is 19.3. The van der Waals surface area contributed by atoms with Gasteiger partial charge in [0.2, 0.25) is 5.88 Å². The number of nitrogens with one attached hydrogen (secondary N) is 1. The Kier molecular flexibility index (Phi) is 5.55. The number of carbonyl (C=O) groups is 1. The highest BCUT2D eigenvalue weighted by Crippen LogP contribution is 2.28. The van der Waals surface area contributed by atoms with Gasteiger partial charge in [0, 0.05) is 49.2 Å². The summed E-state index contributed by atoms with van der Waals surface area (Å²) < 4.78 is 11.3. The number of ether oxygens (including phenoxy) is 2. The van der Waals surface area contributed by atoms with Crippen LogP contribution in [0.15, 0.2) is 42.6 Å². The molecule has 5 heterocycles. The summed E-state index contributed by atoms with van der Waals surface area (Å²) in [5, 5.41) is 3.23. The van der Waals surface area contributed by atoms with E-state index in [1.165, 1.54) is 25.9 Å². The van der Waals surface area contributed by atoms with Gasteiger partial charge >= 0.3 is 0 Å². The van der Waals surface area contributed by atoms with E-state index in [9.17, 15) is 4.79 Å². The minimum Gasteiger partial charge on any atom is -0.439 e. The molecule has 1 atom stereocenters. The van der Waals surface area contributed by atoms with Crippen LogP contribution in [0.1, 0.15) is 23.2 Å². The summed E-state index contributed by atoms with van der Waals surface area (Å²) >= 11 is 0. The summed E-state index contributed by atoms with van der Waals surface area (Å²) in [5.74, 6) is 1.82. The average molecular weight is 409 g/mol. The lowest BCUT2D eigenvalue weighted by atomic mass is 9.84. The summed E-state index contributed by atoms with van der Waals surface area (Å²) in [7, 11) is 0. The highest BCUT2D eigenvalue weighted by atomic mass is 16.5. The van der Waals surface area contributed by atoms with Gasteiger partial charge in [-0.2, -0.15) is 0 Å². The SMILES string of the molecule is O=C(NC1CN2CCC1CC2)c1ccc(Oc2cc(N3CCOCC3)ccn2)cc1. The molecule has 4 aliphatic heterocycles. The molecule has 0 aliphatic carbocycles. The highest BCUT2D eigenvalue weighted by Gasteiger charge is 2.34. The molecule has 0 radical (unpaired) electrons. The molecule has 1 unspecified atom stereocenters. The number of piperidine rings is 3. The first-order valence-corrected chi connectivity index (χ1v) is 10.8. The number of anilines is 1. The van der Waals surface area contributed by atoms with Gasteiger partial charge in [0.25, 0.3) is 5.91 Å². The lowest BCUT2D eigenvalue weighted by Crippen LogP contribution is -2.57. The van der Waals surface area contributed by atoms with E-state index < -0.39 is 0 Å². The average Bonchev–Trinajstić information content (AvgIpc) is 2.81. The fourth-order valence-corrected chi connectivity index (χ4v) is 4.65. The van der Waals surface area contributed by atoms with Crippen LogP contribution in [0.4, 0.5) is 5.69 Å². The smallest absolute Gasteiger partial charge is 0.251 e. The number of rotatable bonds is 5. The molecule has 4 saturated heterocycles. The van der Waals surface area contributed by atoms with E-state index in [1.54, 1.807) is 6.20 Å². The van der Waals surface area contributed by atoms with Gasteiger partial charge in [0.05, 0.1) is 13.2 Å². The van der Waals surface area contributed by atoms with E-state index in [0.717, 1.165) is 38.5 Å². The number of carbonyl (C=O) groups excluding carboxylic acids is 1. The Hall–Kier alpha value is -2.64. The number of pyridine rings is 1. The van der Waals surface area contributed by atoms with Gasteiger partial charge in [-0.05, 0) is 62.2 Å². The monoisotopic (exact) mass is 408 g/mol. The molecule has 7 nitrogen and oxygen atoms in total. The van der Waals surface area contributed by atoms with E-state index in [-0.39, 0.29) is 11.9 Å². The van der Waals surface area contributed by atoms with Gasteiger partial charge in [0.1, 0.15) is 5.75 Å². The van der Waals surface area contributed by atoms with Crippen molar-refractivity contribution in [3.05, 3.63) is 48.2 Å². The standard InChI is InChI=1S/C23H28N4O3/c28-23(25-21-16-26-9-6-17(21)7-10-26)18-1-3-20(4-2-18)30-22-15-19(5-8-24-22)27-11-13-29-14-12-27/h1-5,8,15,17,21H,6-7,9-14,16H2,(H,25,28).